The number of hydrogen-bond donors (Lipinski definition) is 1. The van der Waals surface area contributed by atoms with Gasteiger partial charge in [-0.05, 0) is 35.7 Å². The highest BCUT2D eigenvalue weighted by Gasteiger charge is 2.20. The Bertz CT molecular complexity index is 587. The van der Waals surface area contributed by atoms with E-state index in [0.717, 1.165) is 36.3 Å². The van der Waals surface area contributed by atoms with Gasteiger partial charge in [-0.1, -0.05) is 72.1 Å². The van der Waals surface area contributed by atoms with E-state index in [0.29, 0.717) is 5.75 Å². The molecule has 0 aliphatic heterocycles. The summed E-state index contributed by atoms with van der Waals surface area (Å²) in [4.78, 5) is 2.30. The summed E-state index contributed by atoms with van der Waals surface area (Å²) in [6.07, 6.45) is 5.44. The zero-order valence-corrected chi connectivity index (χ0v) is 15.3. The summed E-state index contributed by atoms with van der Waals surface area (Å²) in [5.41, 5.74) is 3.79. The van der Waals surface area contributed by atoms with E-state index in [1.54, 1.807) is 6.08 Å². The molecule has 0 atom stereocenters. The molecule has 0 spiro atoms. The van der Waals surface area contributed by atoms with Crippen LogP contribution in [0.1, 0.15) is 51.3 Å². The fraction of sp³-hybridized carbons (Fsp3) is 0.429. The third kappa shape index (κ3) is 5.11. The van der Waals surface area contributed by atoms with Crippen LogP contribution in [0.4, 0.5) is 0 Å². The average Bonchev–Trinajstić information content (AvgIpc) is 2.50. The van der Waals surface area contributed by atoms with Gasteiger partial charge < -0.3 is 5.11 Å². The Morgan fingerprint density at radius 1 is 1.22 bits per heavy atom. The van der Waals surface area contributed by atoms with Crippen molar-refractivity contribution in [1.29, 1.82) is 0 Å². The van der Waals surface area contributed by atoms with E-state index in [1.165, 1.54) is 5.56 Å². The summed E-state index contributed by atoms with van der Waals surface area (Å²) in [5.74, 6) is 0.337. The van der Waals surface area contributed by atoms with Crippen LogP contribution >= 0.6 is 0 Å². The second-order valence-corrected chi connectivity index (χ2v) is 6.86. The molecule has 2 nitrogen and oxygen atoms in total. The van der Waals surface area contributed by atoms with E-state index in [-0.39, 0.29) is 5.41 Å². The van der Waals surface area contributed by atoms with E-state index < -0.39 is 0 Å². The Balaban J connectivity index is 3.42. The van der Waals surface area contributed by atoms with Gasteiger partial charge in [0.2, 0.25) is 0 Å². The molecule has 23 heavy (non-hydrogen) atoms. The molecule has 1 N–H and O–H groups in total. The molecular formula is C21H31NO. The highest BCUT2D eigenvalue weighted by atomic mass is 16.3. The molecule has 0 fully saturated rings. The molecule has 0 aliphatic rings. The largest absolute Gasteiger partial charge is 0.507 e. The first-order valence-corrected chi connectivity index (χ1v) is 8.31. The van der Waals surface area contributed by atoms with Crippen molar-refractivity contribution in [2.75, 3.05) is 13.1 Å². The summed E-state index contributed by atoms with van der Waals surface area (Å²) >= 11 is 0. The number of phenolic OH excluding ortho intramolecular Hbond substituents is 1. The Morgan fingerprint density at radius 2 is 1.83 bits per heavy atom. The topological polar surface area (TPSA) is 23.5 Å². The number of hydrogen-bond acceptors (Lipinski definition) is 2. The van der Waals surface area contributed by atoms with Crippen molar-refractivity contribution in [2.45, 2.75) is 46.6 Å². The predicted octanol–water partition coefficient (Wildman–Crippen LogP) is 5.29. The fourth-order valence-corrected chi connectivity index (χ4v) is 2.45. The van der Waals surface area contributed by atoms with Gasteiger partial charge in [-0.2, -0.15) is 0 Å². The number of benzene rings is 1. The monoisotopic (exact) mass is 313 g/mol. The number of aromatic hydroxyl groups is 1. The molecule has 1 rings (SSSR count). The quantitative estimate of drug-likeness (QED) is 0.692. The summed E-state index contributed by atoms with van der Waals surface area (Å²) in [5, 5.41) is 10.7. The van der Waals surface area contributed by atoms with Gasteiger partial charge in [0, 0.05) is 17.7 Å². The van der Waals surface area contributed by atoms with Gasteiger partial charge in [-0.3, -0.25) is 4.90 Å². The van der Waals surface area contributed by atoms with Crippen LogP contribution in [0.3, 0.4) is 0 Å². The Kier molecular flexibility index (Phi) is 6.83. The van der Waals surface area contributed by atoms with E-state index in [1.807, 2.05) is 12.2 Å². The minimum absolute atomic E-state index is 0.0168. The highest BCUT2D eigenvalue weighted by molar-refractivity contribution is 5.77. The van der Waals surface area contributed by atoms with Gasteiger partial charge >= 0.3 is 0 Å². The van der Waals surface area contributed by atoms with Gasteiger partial charge in [-0.15, -0.1) is 0 Å². The molecule has 0 saturated heterocycles. The Labute approximate surface area is 141 Å². The zero-order chi connectivity index (χ0) is 17.6. The number of rotatable bonds is 7. The number of phenols is 1. The van der Waals surface area contributed by atoms with Crippen molar-refractivity contribution >= 4 is 5.57 Å². The first kappa shape index (κ1) is 19.2. The molecule has 0 amide bonds. The molecule has 0 aromatic heterocycles. The lowest BCUT2D eigenvalue weighted by atomic mass is 9.83. The van der Waals surface area contributed by atoms with Crippen LogP contribution in [0.5, 0.6) is 5.75 Å². The first-order chi connectivity index (χ1) is 10.7. The second-order valence-electron chi connectivity index (χ2n) is 6.86. The molecule has 0 saturated carbocycles. The smallest absolute Gasteiger partial charge is 0.127 e. The average molecular weight is 313 g/mol. The molecule has 1 aromatic carbocycles. The van der Waals surface area contributed by atoms with Gasteiger partial charge in [0.25, 0.3) is 0 Å². The Morgan fingerprint density at radius 3 is 2.30 bits per heavy atom. The third-order valence-electron chi connectivity index (χ3n) is 4.12. The Hall–Kier alpha value is -1.80. The summed E-state index contributed by atoms with van der Waals surface area (Å²) < 4.78 is 0. The van der Waals surface area contributed by atoms with Crippen molar-refractivity contribution in [2.24, 2.45) is 0 Å². The lowest BCUT2D eigenvalue weighted by Crippen LogP contribution is -2.23. The molecular weight excluding hydrogens is 282 g/mol. The fourth-order valence-electron chi connectivity index (χ4n) is 2.45. The zero-order valence-electron chi connectivity index (χ0n) is 15.3. The van der Waals surface area contributed by atoms with Crippen LogP contribution in [0.15, 0.2) is 43.5 Å². The highest BCUT2D eigenvalue weighted by Crippen LogP contribution is 2.35. The van der Waals surface area contributed by atoms with E-state index >= 15 is 0 Å². The van der Waals surface area contributed by atoms with Crippen molar-refractivity contribution in [3.8, 4) is 5.75 Å². The first-order valence-electron chi connectivity index (χ1n) is 8.31. The third-order valence-corrected chi connectivity index (χ3v) is 4.12. The van der Waals surface area contributed by atoms with Crippen LogP contribution in [0.2, 0.25) is 0 Å². The summed E-state index contributed by atoms with van der Waals surface area (Å²) in [6.45, 7) is 21.3. The molecule has 0 aliphatic carbocycles. The minimum Gasteiger partial charge on any atom is -0.507 e. The maximum atomic E-state index is 10.7. The van der Waals surface area contributed by atoms with Crippen LogP contribution in [0.25, 0.3) is 5.57 Å². The van der Waals surface area contributed by atoms with E-state index in [4.69, 9.17) is 0 Å². The SMILES string of the molecule is C=C/C=C\C(=C)c1cc(C(C)(C)C)cc(CN(CC)CC)c1O. The van der Waals surface area contributed by atoms with Crippen LogP contribution in [0, 0.1) is 0 Å². The molecule has 0 unspecified atom stereocenters. The van der Waals surface area contributed by atoms with Crippen LogP contribution < -0.4 is 0 Å². The molecule has 1 aromatic rings. The standard InChI is InChI=1S/C21H31NO/c1-8-11-12-16(4)19-14-18(21(5,6)7)13-17(20(19)23)15-22(9-2)10-3/h8,11-14,23H,1,4,9-10,15H2,2-3,5-7H3/b12-11-. The predicted molar refractivity (Wildman–Crippen MR) is 102 cm³/mol. The molecule has 126 valence electrons. The lowest BCUT2D eigenvalue weighted by Gasteiger charge is -2.25. The molecule has 0 radical (unpaired) electrons. The van der Waals surface area contributed by atoms with Gasteiger partial charge in [0.05, 0.1) is 0 Å². The molecule has 0 bridgehead atoms. The van der Waals surface area contributed by atoms with Crippen molar-refractivity contribution in [3.63, 3.8) is 0 Å². The van der Waals surface area contributed by atoms with E-state index in [2.05, 4.69) is 64.8 Å². The van der Waals surface area contributed by atoms with Crippen LogP contribution in [-0.2, 0) is 12.0 Å². The van der Waals surface area contributed by atoms with Crippen molar-refractivity contribution < 1.29 is 5.11 Å². The van der Waals surface area contributed by atoms with Crippen molar-refractivity contribution in [1.82, 2.24) is 4.90 Å². The maximum Gasteiger partial charge on any atom is 0.127 e. The van der Waals surface area contributed by atoms with Gasteiger partial charge in [0.1, 0.15) is 5.75 Å². The summed E-state index contributed by atoms with van der Waals surface area (Å²) in [6, 6.07) is 4.18. The van der Waals surface area contributed by atoms with Crippen LogP contribution in [-0.4, -0.2) is 23.1 Å². The molecule has 2 heteroatoms. The maximum absolute atomic E-state index is 10.7. The molecule has 0 heterocycles. The summed E-state index contributed by atoms with van der Waals surface area (Å²) in [7, 11) is 0. The van der Waals surface area contributed by atoms with Crippen molar-refractivity contribution in [3.05, 3.63) is 60.2 Å². The lowest BCUT2D eigenvalue weighted by molar-refractivity contribution is 0.290. The normalized spacial score (nSPS) is 12.1. The number of allylic oxidation sites excluding steroid dienone is 4. The second kappa shape index (κ2) is 8.16. The minimum atomic E-state index is 0.0168. The van der Waals surface area contributed by atoms with E-state index in [9.17, 15) is 5.11 Å². The van der Waals surface area contributed by atoms with Gasteiger partial charge in [0.15, 0.2) is 0 Å². The number of nitrogens with zero attached hydrogens (tertiary/aromatic N) is 1. The van der Waals surface area contributed by atoms with Gasteiger partial charge in [-0.25, -0.2) is 0 Å².